The van der Waals surface area contributed by atoms with Crippen molar-refractivity contribution in [3.05, 3.63) is 63.9 Å². The van der Waals surface area contributed by atoms with Crippen LogP contribution in [0.5, 0.6) is 5.75 Å². The highest BCUT2D eigenvalue weighted by Crippen LogP contribution is 2.31. The fourth-order valence-electron chi connectivity index (χ4n) is 2.20. The zero-order chi connectivity index (χ0) is 21.6. The monoisotopic (exact) mass is 481 g/mol. The first-order valence-electron chi connectivity index (χ1n) is 8.65. The zero-order valence-corrected chi connectivity index (χ0v) is 18.5. The summed E-state index contributed by atoms with van der Waals surface area (Å²) in [5, 5.41) is 2.26. The number of carbonyl (C=O) groups is 2. The van der Waals surface area contributed by atoms with Crippen molar-refractivity contribution in [2.75, 3.05) is 6.61 Å². The molecule has 2 aromatic carbocycles. The maximum absolute atomic E-state index is 12.9. The van der Waals surface area contributed by atoms with Crippen LogP contribution >= 0.6 is 28.1 Å². The van der Waals surface area contributed by atoms with Crippen molar-refractivity contribution in [2.24, 2.45) is 0 Å². The lowest BCUT2D eigenvalue weighted by molar-refractivity contribution is -0.123. The number of hydrazine groups is 1. The normalized spacial score (nSPS) is 10.8. The number of ether oxygens (including phenoxy) is 1. The largest absolute Gasteiger partial charge is 0.483 e. The number of halogens is 2. The molecular formula is C20H21BrFN3O3S. The molecule has 0 saturated heterocycles. The van der Waals surface area contributed by atoms with Gasteiger partial charge in [-0.3, -0.25) is 25.8 Å². The SMILES string of the molecule is CC(C)(C)c1ccc(OCC(=O)NNC(=S)NC(=O)c2ccc(F)cc2)c(Br)c1. The Morgan fingerprint density at radius 2 is 1.76 bits per heavy atom. The van der Waals surface area contributed by atoms with Gasteiger partial charge in [0.15, 0.2) is 11.7 Å². The van der Waals surface area contributed by atoms with Crippen LogP contribution in [0.25, 0.3) is 0 Å². The molecule has 2 amide bonds. The summed E-state index contributed by atoms with van der Waals surface area (Å²) in [6.07, 6.45) is 0. The Morgan fingerprint density at radius 3 is 2.34 bits per heavy atom. The molecule has 2 rings (SSSR count). The second-order valence-electron chi connectivity index (χ2n) is 7.15. The van der Waals surface area contributed by atoms with E-state index in [1.807, 2.05) is 12.1 Å². The molecule has 9 heteroatoms. The zero-order valence-electron chi connectivity index (χ0n) is 16.1. The van der Waals surface area contributed by atoms with Crippen molar-refractivity contribution < 1.29 is 18.7 Å². The van der Waals surface area contributed by atoms with Crippen molar-refractivity contribution in [2.45, 2.75) is 26.2 Å². The molecule has 0 heterocycles. The summed E-state index contributed by atoms with van der Waals surface area (Å²) in [6, 6.07) is 10.7. The summed E-state index contributed by atoms with van der Waals surface area (Å²) in [6.45, 7) is 6.06. The third kappa shape index (κ3) is 7.10. The molecular weight excluding hydrogens is 461 g/mol. The summed E-state index contributed by atoms with van der Waals surface area (Å²) in [7, 11) is 0. The summed E-state index contributed by atoms with van der Waals surface area (Å²) >= 11 is 8.38. The second kappa shape index (κ2) is 9.80. The van der Waals surface area contributed by atoms with Crippen LogP contribution in [-0.4, -0.2) is 23.5 Å². The standard InChI is InChI=1S/C20H21BrFN3O3S/c1-20(2,3)13-6-9-16(15(21)10-13)28-11-17(26)24-25-19(29)23-18(27)12-4-7-14(22)8-5-12/h4-10H,11H2,1-3H3,(H,24,26)(H2,23,25,27,29). The van der Waals surface area contributed by atoms with Gasteiger partial charge in [-0.2, -0.15) is 0 Å². The quantitative estimate of drug-likeness (QED) is 0.459. The van der Waals surface area contributed by atoms with E-state index >= 15 is 0 Å². The van der Waals surface area contributed by atoms with Crippen LogP contribution in [0, 0.1) is 5.82 Å². The molecule has 0 aliphatic heterocycles. The van der Waals surface area contributed by atoms with Gasteiger partial charge in [0, 0.05) is 5.56 Å². The third-order valence-corrected chi connectivity index (χ3v) is 4.63. The van der Waals surface area contributed by atoms with Crippen LogP contribution in [0.3, 0.4) is 0 Å². The van der Waals surface area contributed by atoms with E-state index in [1.54, 1.807) is 6.07 Å². The summed E-state index contributed by atoms with van der Waals surface area (Å²) in [4.78, 5) is 23.9. The lowest BCUT2D eigenvalue weighted by atomic mass is 9.87. The number of amides is 2. The minimum Gasteiger partial charge on any atom is -0.483 e. The highest BCUT2D eigenvalue weighted by molar-refractivity contribution is 9.10. The number of hydrogen-bond acceptors (Lipinski definition) is 4. The van der Waals surface area contributed by atoms with Crippen LogP contribution in [0.15, 0.2) is 46.9 Å². The van der Waals surface area contributed by atoms with Gasteiger partial charge in [0.2, 0.25) is 0 Å². The molecule has 0 fully saturated rings. The molecule has 3 N–H and O–H groups in total. The minimum atomic E-state index is -0.532. The molecule has 0 aliphatic carbocycles. The van der Waals surface area contributed by atoms with Crippen molar-refractivity contribution in [1.29, 1.82) is 0 Å². The average molecular weight is 482 g/mol. The highest BCUT2D eigenvalue weighted by atomic mass is 79.9. The Labute approximate surface area is 182 Å². The van der Waals surface area contributed by atoms with Crippen LogP contribution in [-0.2, 0) is 10.2 Å². The van der Waals surface area contributed by atoms with Gasteiger partial charge in [0.1, 0.15) is 11.6 Å². The maximum atomic E-state index is 12.9. The number of hydrogen-bond donors (Lipinski definition) is 3. The van der Waals surface area contributed by atoms with Gasteiger partial charge in [-0.25, -0.2) is 4.39 Å². The topological polar surface area (TPSA) is 79.5 Å². The van der Waals surface area contributed by atoms with Gasteiger partial charge in [-0.15, -0.1) is 0 Å². The van der Waals surface area contributed by atoms with Crippen LogP contribution in [0.1, 0.15) is 36.7 Å². The molecule has 0 aromatic heterocycles. The molecule has 0 radical (unpaired) electrons. The van der Waals surface area contributed by atoms with E-state index in [9.17, 15) is 14.0 Å². The van der Waals surface area contributed by atoms with E-state index < -0.39 is 17.6 Å². The predicted molar refractivity (Wildman–Crippen MR) is 116 cm³/mol. The highest BCUT2D eigenvalue weighted by Gasteiger charge is 2.16. The van der Waals surface area contributed by atoms with E-state index in [0.29, 0.717) is 5.75 Å². The maximum Gasteiger partial charge on any atom is 0.276 e. The van der Waals surface area contributed by atoms with Gasteiger partial charge in [0.25, 0.3) is 11.8 Å². The minimum absolute atomic E-state index is 0.00358. The fraction of sp³-hybridized carbons (Fsp3) is 0.250. The van der Waals surface area contributed by atoms with Crippen LogP contribution in [0.2, 0.25) is 0 Å². The molecule has 2 aromatic rings. The van der Waals surface area contributed by atoms with Crippen molar-refractivity contribution in [3.8, 4) is 5.75 Å². The number of nitrogens with one attached hydrogen (secondary N) is 3. The van der Waals surface area contributed by atoms with E-state index in [2.05, 4.69) is 52.9 Å². The summed E-state index contributed by atoms with van der Waals surface area (Å²) in [5.74, 6) is -0.944. The summed E-state index contributed by atoms with van der Waals surface area (Å²) in [5.41, 5.74) is 6.09. The molecule has 0 spiro atoms. The summed E-state index contributed by atoms with van der Waals surface area (Å²) < 4.78 is 19.1. The number of carbonyl (C=O) groups excluding carboxylic acids is 2. The predicted octanol–water partition coefficient (Wildman–Crippen LogP) is 3.60. The molecule has 0 aliphatic rings. The Kier molecular flexibility index (Phi) is 7.69. The Bertz CT molecular complexity index is 914. The van der Waals surface area contributed by atoms with Gasteiger partial charge in [-0.05, 0) is 75.5 Å². The van der Waals surface area contributed by atoms with Crippen LogP contribution in [0.4, 0.5) is 4.39 Å². The Morgan fingerprint density at radius 1 is 1.10 bits per heavy atom. The third-order valence-electron chi connectivity index (χ3n) is 3.81. The molecule has 0 bridgehead atoms. The van der Waals surface area contributed by atoms with Crippen molar-refractivity contribution in [3.63, 3.8) is 0 Å². The van der Waals surface area contributed by atoms with Gasteiger partial charge in [-0.1, -0.05) is 26.8 Å². The van der Waals surface area contributed by atoms with Gasteiger partial charge < -0.3 is 4.74 Å². The number of thiocarbonyl (C=S) groups is 1. The lowest BCUT2D eigenvalue weighted by Gasteiger charge is -2.20. The van der Waals surface area contributed by atoms with Gasteiger partial charge in [0.05, 0.1) is 4.47 Å². The molecule has 6 nitrogen and oxygen atoms in total. The van der Waals surface area contributed by atoms with Gasteiger partial charge >= 0.3 is 0 Å². The molecule has 0 saturated carbocycles. The van der Waals surface area contributed by atoms with Crippen LogP contribution < -0.4 is 20.9 Å². The number of rotatable bonds is 4. The molecule has 0 atom stereocenters. The second-order valence-corrected chi connectivity index (χ2v) is 8.41. The van der Waals surface area contributed by atoms with E-state index in [-0.39, 0.29) is 22.7 Å². The first kappa shape index (κ1) is 22.8. The first-order valence-corrected chi connectivity index (χ1v) is 9.85. The Hall–Kier alpha value is -2.52. The van der Waals surface area contributed by atoms with Crippen molar-refractivity contribution in [1.82, 2.24) is 16.2 Å². The van der Waals surface area contributed by atoms with E-state index in [1.165, 1.54) is 12.1 Å². The Balaban J connectivity index is 1.79. The lowest BCUT2D eigenvalue weighted by Crippen LogP contribution is -2.49. The van der Waals surface area contributed by atoms with E-state index in [4.69, 9.17) is 17.0 Å². The smallest absolute Gasteiger partial charge is 0.276 e. The fourth-order valence-corrected chi connectivity index (χ4v) is 2.84. The first-order chi connectivity index (χ1) is 13.6. The van der Waals surface area contributed by atoms with Crippen molar-refractivity contribution >= 4 is 45.1 Å². The number of benzene rings is 2. The molecule has 154 valence electrons. The molecule has 29 heavy (non-hydrogen) atoms. The van der Waals surface area contributed by atoms with E-state index in [0.717, 1.165) is 22.2 Å². The average Bonchev–Trinajstić information content (AvgIpc) is 2.65. The molecule has 0 unspecified atom stereocenters.